The fraction of sp³-hybridized carbons (Fsp3) is 0.214. The molecule has 8 heteroatoms. The smallest absolute Gasteiger partial charge is 0.417 e. The van der Waals surface area contributed by atoms with Crippen LogP contribution in [0.4, 0.5) is 13.2 Å². The summed E-state index contributed by atoms with van der Waals surface area (Å²) in [6, 6.07) is 4.10. The van der Waals surface area contributed by atoms with Gasteiger partial charge in [-0.05, 0) is 17.7 Å². The quantitative estimate of drug-likeness (QED) is 0.695. The van der Waals surface area contributed by atoms with Gasteiger partial charge in [-0.3, -0.25) is 4.98 Å². The van der Waals surface area contributed by atoms with Crippen molar-refractivity contribution in [2.45, 2.75) is 12.6 Å². The van der Waals surface area contributed by atoms with Crippen LogP contribution in [0, 0.1) is 0 Å². The van der Waals surface area contributed by atoms with Gasteiger partial charge >= 0.3 is 6.18 Å². The molecular weight excluding hydrogens is 362 g/mol. The number of aromatic nitrogens is 1. The van der Waals surface area contributed by atoms with E-state index < -0.39 is 11.7 Å². The van der Waals surface area contributed by atoms with Crippen LogP contribution in [-0.2, 0) is 12.6 Å². The molecule has 22 heavy (non-hydrogen) atoms. The molecule has 0 spiro atoms. The van der Waals surface area contributed by atoms with Crippen LogP contribution >= 0.6 is 34.8 Å². The van der Waals surface area contributed by atoms with Crippen molar-refractivity contribution < 1.29 is 17.9 Å². The molecule has 0 saturated carbocycles. The maximum atomic E-state index is 12.6. The zero-order valence-corrected chi connectivity index (χ0v) is 13.4. The van der Waals surface area contributed by atoms with Gasteiger partial charge in [-0.15, -0.1) is 0 Å². The summed E-state index contributed by atoms with van der Waals surface area (Å²) in [7, 11) is 1.45. The fourth-order valence-corrected chi connectivity index (χ4v) is 2.52. The topological polar surface area (TPSA) is 22.1 Å². The molecule has 0 radical (unpaired) electrons. The van der Waals surface area contributed by atoms with Crippen LogP contribution in [0.3, 0.4) is 0 Å². The molecule has 118 valence electrons. The number of halogens is 6. The van der Waals surface area contributed by atoms with Gasteiger partial charge in [-0.1, -0.05) is 40.9 Å². The monoisotopic (exact) mass is 369 g/mol. The lowest BCUT2D eigenvalue weighted by Crippen LogP contribution is -2.07. The van der Waals surface area contributed by atoms with Gasteiger partial charge in [-0.2, -0.15) is 13.2 Å². The van der Waals surface area contributed by atoms with E-state index in [-0.39, 0.29) is 27.2 Å². The number of alkyl halides is 3. The molecule has 2 nitrogen and oxygen atoms in total. The molecule has 0 aliphatic heterocycles. The first-order valence-electron chi connectivity index (χ1n) is 5.96. The summed E-state index contributed by atoms with van der Waals surface area (Å²) in [5, 5.41) is 0.390. The molecule has 0 bridgehead atoms. The first kappa shape index (κ1) is 17.2. The van der Waals surface area contributed by atoms with Crippen molar-refractivity contribution in [2.75, 3.05) is 7.11 Å². The molecule has 1 aromatic heterocycles. The molecule has 0 N–H and O–H groups in total. The second kappa shape index (κ2) is 6.52. The molecular formula is C14H9Cl3F3NO. The van der Waals surface area contributed by atoms with E-state index in [1.165, 1.54) is 7.11 Å². The number of methoxy groups -OCH3 is 1. The van der Waals surface area contributed by atoms with Crippen LogP contribution in [0.1, 0.15) is 16.8 Å². The van der Waals surface area contributed by atoms with Gasteiger partial charge in [-0.25, -0.2) is 0 Å². The van der Waals surface area contributed by atoms with Crippen molar-refractivity contribution in [2.24, 2.45) is 0 Å². The van der Waals surface area contributed by atoms with Crippen LogP contribution < -0.4 is 4.74 Å². The van der Waals surface area contributed by atoms with Crippen molar-refractivity contribution >= 4 is 34.8 Å². The van der Waals surface area contributed by atoms with Gasteiger partial charge in [0, 0.05) is 12.6 Å². The number of ether oxygens (including phenoxy) is 1. The minimum Gasteiger partial charge on any atom is -0.495 e. The van der Waals surface area contributed by atoms with E-state index in [4.69, 9.17) is 39.5 Å². The number of hydrogen-bond donors (Lipinski definition) is 0. The maximum Gasteiger partial charge on any atom is 0.417 e. The number of benzene rings is 1. The van der Waals surface area contributed by atoms with Gasteiger partial charge in [0.1, 0.15) is 10.8 Å². The minimum absolute atomic E-state index is 0.0853. The number of nitrogens with zero attached hydrogens (tertiary/aromatic N) is 1. The lowest BCUT2D eigenvalue weighted by Gasteiger charge is -2.11. The lowest BCUT2D eigenvalue weighted by molar-refractivity contribution is -0.137. The number of pyridine rings is 1. The van der Waals surface area contributed by atoms with Crippen LogP contribution in [0.5, 0.6) is 5.75 Å². The normalized spacial score (nSPS) is 11.6. The van der Waals surface area contributed by atoms with Crippen molar-refractivity contribution in [1.82, 2.24) is 4.98 Å². The third-order valence-electron chi connectivity index (χ3n) is 2.95. The Morgan fingerprint density at radius 1 is 1.14 bits per heavy atom. The largest absolute Gasteiger partial charge is 0.495 e. The lowest BCUT2D eigenvalue weighted by atomic mass is 10.1. The molecule has 2 rings (SSSR count). The number of rotatable bonds is 3. The van der Waals surface area contributed by atoms with Gasteiger partial charge in [0.15, 0.2) is 0 Å². The Bertz CT molecular complexity index is 704. The van der Waals surface area contributed by atoms with E-state index in [1.807, 2.05) is 0 Å². The zero-order valence-electron chi connectivity index (χ0n) is 11.1. The van der Waals surface area contributed by atoms with E-state index in [1.54, 1.807) is 12.1 Å². The standard InChI is InChI=1S/C14H9Cl3F3NO/c1-22-11-3-2-7(12(16)13(11)17)4-10-9(15)5-8(6-21-10)14(18,19)20/h2-3,5-6H,4H2,1H3. The predicted octanol–water partition coefficient (Wildman–Crippen LogP) is 5.66. The summed E-state index contributed by atoms with van der Waals surface area (Å²) in [4.78, 5) is 3.77. The molecule has 0 amide bonds. The Balaban J connectivity index is 2.34. The summed E-state index contributed by atoms with van der Waals surface area (Å²) in [6.45, 7) is 0. The van der Waals surface area contributed by atoms with Gasteiger partial charge in [0.25, 0.3) is 0 Å². The molecule has 0 fully saturated rings. The summed E-state index contributed by atoms with van der Waals surface area (Å²) in [6.07, 6.45) is -3.60. The highest BCUT2D eigenvalue weighted by Gasteiger charge is 2.31. The molecule has 0 aliphatic rings. The number of hydrogen-bond acceptors (Lipinski definition) is 2. The van der Waals surface area contributed by atoms with E-state index in [0.29, 0.717) is 11.3 Å². The summed E-state index contributed by atoms with van der Waals surface area (Å²) >= 11 is 18.0. The van der Waals surface area contributed by atoms with E-state index in [2.05, 4.69) is 4.98 Å². The van der Waals surface area contributed by atoms with Crippen molar-refractivity contribution in [3.8, 4) is 5.75 Å². The maximum absolute atomic E-state index is 12.6. The minimum atomic E-state index is -4.49. The molecule has 0 aliphatic carbocycles. The summed E-state index contributed by atoms with van der Waals surface area (Å²) in [5.41, 5.74) is -0.0421. The third kappa shape index (κ3) is 3.59. The van der Waals surface area contributed by atoms with Crippen LogP contribution in [-0.4, -0.2) is 12.1 Å². The van der Waals surface area contributed by atoms with Gasteiger partial charge < -0.3 is 4.74 Å². The zero-order chi connectivity index (χ0) is 16.5. The van der Waals surface area contributed by atoms with Crippen LogP contribution in [0.2, 0.25) is 15.1 Å². The average Bonchev–Trinajstić information content (AvgIpc) is 2.45. The molecule has 0 saturated heterocycles. The third-order valence-corrected chi connectivity index (χ3v) is 4.18. The molecule has 2 aromatic rings. The fourth-order valence-electron chi connectivity index (χ4n) is 1.80. The Labute approximate surface area is 139 Å². The van der Waals surface area contributed by atoms with Crippen LogP contribution in [0.25, 0.3) is 0 Å². The van der Waals surface area contributed by atoms with Crippen molar-refractivity contribution in [3.63, 3.8) is 0 Å². The van der Waals surface area contributed by atoms with E-state index in [9.17, 15) is 13.2 Å². The summed E-state index contributed by atoms with van der Waals surface area (Å²) < 4.78 is 42.8. The van der Waals surface area contributed by atoms with Crippen molar-refractivity contribution in [1.29, 1.82) is 0 Å². The molecule has 1 heterocycles. The van der Waals surface area contributed by atoms with Crippen molar-refractivity contribution in [3.05, 3.63) is 56.3 Å². The molecule has 0 atom stereocenters. The first-order valence-corrected chi connectivity index (χ1v) is 7.10. The average molecular weight is 371 g/mol. The highest BCUT2D eigenvalue weighted by Crippen LogP contribution is 2.36. The first-order chi connectivity index (χ1) is 10.2. The Morgan fingerprint density at radius 2 is 1.82 bits per heavy atom. The Hall–Kier alpha value is -1.17. The second-order valence-corrected chi connectivity index (χ2v) is 5.55. The van der Waals surface area contributed by atoms with Gasteiger partial charge in [0.05, 0.1) is 28.4 Å². The highest BCUT2D eigenvalue weighted by molar-refractivity contribution is 6.43. The van der Waals surface area contributed by atoms with E-state index in [0.717, 1.165) is 12.3 Å². The summed E-state index contributed by atoms with van der Waals surface area (Å²) in [5.74, 6) is 0.405. The van der Waals surface area contributed by atoms with E-state index >= 15 is 0 Å². The SMILES string of the molecule is COc1ccc(Cc2ncc(C(F)(F)F)cc2Cl)c(Cl)c1Cl. The van der Waals surface area contributed by atoms with Crippen LogP contribution in [0.15, 0.2) is 24.4 Å². The second-order valence-electron chi connectivity index (χ2n) is 4.38. The Morgan fingerprint density at radius 3 is 2.36 bits per heavy atom. The molecule has 0 unspecified atom stereocenters. The molecule has 1 aromatic carbocycles. The highest BCUT2D eigenvalue weighted by atomic mass is 35.5. The Kier molecular flexibility index (Phi) is 5.10. The van der Waals surface area contributed by atoms with Gasteiger partial charge in [0.2, 0.25) is 0 Å². The predicted molar refractivity (Wildman–Crippen MR) is 80.1 cm³/mol.